The van der Waals surface area contributed by atoms with Gasteiger partial charge in [0.15, 0.2) is 22.5 Å². The molecule has 6 aliphatic rings. The minimum absolute atomic E-state index is 0. The highest BCUT2D eigenvalue weighted by atomic mass is 127. The van der Waals surface area contributed by atoms with Crippen LogP contribution in [-0.2, 0) is 17.7 Å². The molecular weight excluding hydrogens is 864 g/mol. The molecule has 0 amide bonds. The molecule has 0 radical (unpaired) electrons. The number of hydrogen-bond donors (Lipinski definition) is 3. The highest BCUT2D eigenvalue weighted by molar-refractivity contribution is 7.22. The van der Waals surface area contributed by atoms with Gasteiger partial charge in [0.05, 0.1) is 48.8 Å². The summed E-state index contributed by atoms with van der Waals surface area (Å²) in [6.07, 6.45) is 10.8. The van der Waals surface area contributed by atoms with Crippen LogP contribution in [0.2, 0.25) is 0 Å². The van der Waals surface area contributed by atoms with Crippen LogP contribution in [0.1, 0.15) is 72.3 Å². The number of piperazine rings is 1. The maximum absolute atomic E-state index is 12.9. The van der Waals surface area contributed by atoms with Crippen LogP contribution >= 0.6 is 11.3 Å². The molecule has 2 aliphatic heterocycles. The highest BCUT2D eigenvalue weighted by Gasteiger charge is 2.58. The average molecular weight is 917 g/mol. The SMILES string of the molecule is Cc1c(Nc2nc3ccccc3s2)nnc2c1CCCN2c1ccc(-c2cnn(CC34CC5CC(C3)CC(OCCN3CC[NH+](C)CC3)(C5)C4)c2C)c(C(=O)O)n1.[I-]. The fourth-order valence-electron chi connectivity index (χ4n) is 11.4. The van der Waals surface area contributed by atoms with Gasteiger partial charge < -0.3 is 48.9 Å². The molecule has 2 atom stereocenters. The Morgan fingerprint density at radius 1 is 1.02 bits per heavy atom. The highest BCUT2D eigenvalue weighted by Crippen LogP contribution is 2.63. The van der Waals surface area contributed by atoms with Gasteiger partial charge in [-0.25, -0.2) is 14.8 Å². The van der Waals surface area contributed by atoms with Crippen LogP contribution in [0.25, 0.3) is 21.3 Å². The third kappa shape index (κ3) is 7.39. The van der Waals surface area contributed by atoms with Gasteiger partial charge in [-0.1, -0.05) is 23.5 Å². The van der Waals surface area contributed by atoms with Gasteiger partial charge in [0, 0.05) is 60.7 Å². The first-order valence-electron chi connectivity index (χ1n) is 20.8. The summed E-state index contributed by atoms with van der Waals surface area (Å²) in [5.74, 6) is 2.29. The lowest BCUT2D eigenvalue weighted by atomic mass is 9.48. The molecule has 306 valence electrons. The predicted molar refractivity (Wildman–Crippen MR) is 221 cm³/mol. The molecule has 2 unspecified atom stereocenters. The number of carbonyl (C=O) groups is 1. The largest absolute Gasteiger partial charge is 1.00 e. The lowest BCUT2D eigenvalue weighted by molar-refractivity contribution is -0.884. The van der Waals surface area contributed by atoms with Crippen LogP contribution in [0.3, 0.4) is 0 Å². The fraction of sp³-hybridized carbons (Fsp3) is 0.535. The van der Waals surface area contributed by atoms with Gasteiger partial charge in [0.25, 0.3) is 0 Å². The van der Waals surface area contributed by atoms with Gasteiger partial charge in [0.1, 0.15) is 5.82 Å². The van der Waals surface area contributed by atoms with E-state index in [2.05, 4.69) is 52.1 Å². The Bertz CT molecular complexity index is 2290. The van der Waals surface area contributed by atoms with Crippen molar-refractivity contribution in [2.75, 3.05) is 63.1 Å². The lowest BCUT2D eigenvalue weighted by Gasteiger charge is -2.61. The minimum Gasteiger partial charge on any atom is -1.00 e. The molecule has 4 bridgehead atoms. The first-order valence-corrected chi connectivity index (χ1v) is 21.7. The maximum Gasteiger partial charge on any atom is 0.355 e. The first-order chi connectivity index (χ1) is 27.6. The molecule has 15 heteroatoms. The Morgan fingerprint density at radius 2 is 1.81 bits per heavy atom. The number of aromatic carboxylic acids is 1. The molecule has 4 aromatic heterocycles. The van der Waals surface area contributed by atoms with E-state index >= 15 is 0 Å². The van der Waals surface area contributed by atoms with Crippen LogP contribution in [-0.4, -0.2) is 104 Å². The van der Waals surface area contributed by atoms with Gasteiger partial charge in [-0.2, -0.15) is 5.10 Å². The molecule has 11 rings (SSSR count). The van der Waals surface area contributed by atoms with Crippen molar-refractivity contribution in [1.82, 2.24) is 34.8 Å². The molecule has 1 aromatic carbocycles. The number of carboxylic acid groups (broad SMARTS) is 1. The Kier molecular flexibility index (Phi) is 10.7. The number of aromatic nitrogens is 6. The Hall–Kier alpha value is -3.77. The van der Waals surface area contributed by atoms with E-state index in [9.17, 15) is 9.90 Å². The van der Waals surface area contributed by atoms with Crippen molar-refractivity contribution in [3.63, 3.8) is 0 Å². The lowest BCUT2D eigenvalue weighted by Crippen LogP contribution is -3.12. The molecule has 13 nitrogen and oxygen atoms in total. The van der Waals surface area contributed by atoms with Crippen molar-refractivity contribution in [2.24, 2.45) is 17.3 Å². The van der Waals surface area contributed by atoms with Gasteiger partial charge in [0.2, 0.25) is 0 Å². The number of nitrogens with one attached hydrogen (secondary N) is 2. The van der Waals surface area contributed by atoms with Crippen LogP contribution in [0, 0.1) is 31.1 Å². The summed E-state index contributed by atoms with van der Waals surface area (Å²) >= 11 is 1.58. The van der Waals surface area contributed by atoms with Crippen LogP contribution in [0.15, 0.2) is 42.6 Å². The molecule has 5 fully saturated rings. The van der Waals surface area contributed by atoms with Crippen molar-refractivity contribution < 1.29 is 43.5 Å². The molecule has 4 saturated carbocycles. The van der Waals surface area contributed by atoms with Crippen LogP contribution in [0.4, 0.5) is 22.6 Å². The fourth-order valence-corrected chi connectivity index (χ4v) is 12.2. The van der Waals surface area contributed by atoms with Gasteiger partial charge in [-0.05, 0) is 107 Å². The molecule has 4 aliphatic carbocycles. The second-order valence-corrected chi connectivity index (χ2v) is 18.8. The zero-order valence-electron chi connectivity index (χ0n) is 33.6. The van der Waals surface area contributed by atoms with Crippen molar-refractivity contribution >= 4 is 50.1 Å². The molecule has 3 N–H and O–H groups in total. The average Bonchev–Trinajstić information content (AvgIpc) is 3.77. The number of rotatable bonds is 11. The number of thiazole rings is 1. The second-order valence-electron chi connectivity index (χ2n) is 17.8. The van der Waals surface area contributed by atoms with Crippen molar-refractivity contribution in [1.29, 1.82) is 0 Å². The first kappa shape index (κ1) is 39.7. The zero-order valence-corrected chi connectivity index (χ0v) is 36.6. The summed E-state index contributed by atoms with van der Waals surface area (Å²) in [7, 11) is 2.29. The van der Waals surface area contributed by atoms with E-state index in [0.29, 0.717) is 41.4 Å². The Balaban J connectivity index is 0.00000436. The topological polar surface area (TPSA) is 139 Å². The number of quaternary nitrogens is 1. The summed E-state index contributed by atoms with van der Waals surface area (Å²) < 4.78 is 10.2. The van der Waals surface area contributed by atoms with Gasteiger partial charge in [-0.15, -0.1) is 10.2 Å². The molecule has 0 spiro atoms. The zero-order chi connectivity index (χ0) is 38.9. The number of fused-ring (bicyclic) bond motifs is 2. The summed E-state index contributed by atoms with van der Waals surface area (Å²) in [5, 5.41) is 28.9. The quantitative estimate of drug-likeness (QED) is 0.169. The van der Waals surface area contributed by atoms with Gasteiger partial charge in [-0.3, -0.25) is 9.58 Å². The van der Waals surface area contributed by atoms with E-state index in [1.807, 2.05) is 41.4 Å². The Labute approximate surface area is 360 Å². The van der Waals surface area contributed by atoms with Crippen molar-refractivity contribution in [3.05, 3.63) is 65.1 Å². The summed E-state index contributed by atoms with van der Waals surface area (Å²) in [6.45, 7) is 12.2. The molecule has 6 heterocycles. The van der Waals surface area contributed by atoms with E-state index in [0.717, 1.165) is 89.8 Å². The Morgan fingerprint density at radius 3 is 2.59 bits per heavy atom. The predicted octanol–water partition coefficient (Wildman–Crippen LogP) is 2.68. The molecule has 5 aromatic rings. The number of likely N-dealkylation sites (N-methyl/N-ethyl adjacent to an activating group) is 1. The van der Waals surface area contributed by atoms with Crippen LogP contribution < -0.4 is 39.1 Å². The van der Waals surface area contributed by atoms with Gasteiger partial charge >= 0.3 is 5.97 Å². The van der Waals surface area contributed by atoms with Crippen LogP contribution in [0.5, 0.6) is 0 Å². The summed E-state index contributed by atoms with van der Waals surface area (Å²) in [5.41, 5.74) is 5.55. The maximum atomic E-state index is 12.9. The number of ether oxygens (including phenoxy) is 1. The number of hydrogen-bond acceptors (Lipinski definition) is 11. The van der Waals surface area contributed by atoms with E-state index in [1.54, 1.807) is 16.2 Å². The molecule has 58 heavy (non-hydrogen) atoms. The number of anilines is 4. The van der Waals surface area contributed by atoms with Crippen molar-refractivity contribution in [2.45, 2.75) is 77.4 Å². The van der Waals surface area contributed by atoms with Crippen molar-refractivity contribution in [3.8, 4) is 11.1 Å². The van der Waals surface area contributed by atoms with E-state index < -0.39 is 5.97 Å². The number of nitrogens with zero attached hydrogens (tertiary/aromatic N) is 8. The number of para-hydroxylation sites is 1. The summed E-state index contributed by atoms with van der Waals surface area (Å²) in [6, 6.07) is 11.9. The van der Waals surface area contributed by atoms with E-state index in [4.69, 9.17) is 19.8 Å². The van der Waals surface area contributed by atoms with E-state index in [-0.39, 0.29) is 40.7 Å². The minimum atomic E-state index is -1.06. The third-order valence-electron chi connectivity index (χ3n) is 13.8. The number of pyridine rings is 1. The standard InChI is InChI=1S/C43H52N10O3S.HI/c1-27-31-7-6-12-52(39(31)49-48-38(27)47-41-45-34-8-4-5-9-35(34)57-41)36-11-10-32(37(46-36)40(54)55)33-24-44-53(28(33)2)26-42-20-29-19-30(21-42)23-43(22-29,25-42)56-18-17-51-15-13-50(3)14-16-51;/h4-5,8-11,24,29-30H,6-7,12-23,25-26H2,1-3H3,(H,54,55)(H,45,47,48);1H. The third-order valence-corrected chi connectivity index (χ3v) is 14.7. The number of benzene rings is 1. The summed E-state index contributed by atoms with van der Waals surface area (Å²) in [4.78, 5) is 28.6. The second kappa shape index (κ2) is 15.7. The monoisotopic (exact) mass is 916 g/mol. The van der Waals surface area contributed by atoms with E-state index in [1.165, 1.54) is 45.2 Å². The molecular formula is C43H53IN10O3S. The smallest absolute Gasteiger partial charge is 0.355 e. The normalized spacial score (nSPS) is 25.5. The molecule has 1 saturated heterocycles. The number of halogens is 1. The number of carboxylic acids is 1.